The van der Waals surface area contributed by atoms with Crippen molar-refractivity contribution in [3.8, 4) is 0 Å². The molecular formula is C13H17NO5S. The maximum atomic E-state index is 11.8. The second-order valence-corrected chi connectivity index (χ2v) is 6.27. The van der Waals surface area contributed by atoms with Crippen molar-refractivity contribution < 1.29 is 23.2 Å². The summed E-state index contributed by atoms with van der Waals surface area (Å²) in [6, 6.07) is 2.57. The SMILES string of the molecule is CCO/N=C(\C)c1c(S(C)(=O)=O)ccc(C(=O)O)c1C. The molecule has 0 saturated carbocycles. The molecule has 0 saturated heterocycles. The standard InChI is InChI=1S/C13H17NO5S/c1-5-19-14-9(3)12-8(2)10(13(15)16)6-7-11(12)20(4,17)18/h6-7H,5H2,1-4H3,(H,15,16)/b14-9+. The van der Waals surface area contributed by atoms with E-state index in [0.717, 1.165) is 6.26 Å². The molecule has 0 aliphatic heterocycles. The van der Waals surface area contributed by atoms with Crippen molar-refractivity contribution in [1.29, 1.82) is 0 Å². The Labute approximate surface area is 118 Å². The van der Waals surface area contributed by atoms with Crippen molar-refractivity contribution in [2.24, 2.45) is 5.16 Å². The van der Waals surface area contributed by atoms with E-state index in [0.29, 0.717) is 17.9 Å². The Morgan fingerprint density at radius 1 is 1.40 bits per heavy atom. The van der Waals surface area contributed by atoms with Crippen LogP contribution in [-0.4, -0.2) is 38.1 Å². The number of hydrogen-bond donors (Lipinski definition) is 1. The van der Waals surface area contributed by atoms with Gasteiger partial charge in [0, 0.05) is 11.8 Å². The van der Waals surface area contributed by atoms with Gasteiger partial charge in [-0.15, -0.1) is 0 Å². The van der Waals surface area contributed by atoms with E-state index >= 15 is 0 Å². The Hall–Kier alpha value is -1.89. The van der Waals surface area contributed by atoms with Crippen LogP contribution in [0.4, 0.5) is 0 Å². The summed E-state index contributed by atoms with van der Waals surface area (Å²) in [5.74, 6) is -1.12. The highest BCUT2D eigenvalue weighted by Gasteiger charge is 2.22. The summed E-state index contributed by atoms with van der Waals surface area (Å²) in [5, 5.41) is 12.9. The highest BCUT2D eigenvalue weighted by Crippen LogP contribution is 2.24. The van der Waals surface area contributed by atoms with Crippen LogP contribution >= 0.6 is 0 Å². The highest BCUT2D eigenvalue weighted by molar-refractivity contribution is 7.90. The summed E-state index contributed by atoms with van der Waals surface area (Å²) in [5.41, 5.74) is 0.994. The summed E-state index contributed by atoms with van der Waals surface area (Å²) in [6.07, 6.45) is 1.07. The predicted octanol–water partition coefficient (Wildman–Crippen LogP) is 1.86. The number of carboxylic acids is 1. The first kappa shape index (κ1) is 16.2. The minimum Gasteiger partial charge on any atom is -0.478 e. The van der Waals surface area contributed by atoms with Gasteiger partial charge in [0.05, 0.1) is 16.2 Å². The molecule has 0 aliphatic carbocycles. The average molecular weight is 299 g/mol. The van der Waals surface area contributed by atoms with Gasteiger partial charge in [-0.05, 0) is 38.5 Å². The van der Waals surface area contributed by atoms with Crippen molar-refractivity contribution in [2.75, 3.05) is 12.9 Å². The zero-order chi connectivity index (χ0) is 15.5. The number of hydrogen-bond acceptors (Lipinski definition) is 5. The summed E-state index contributed by atoms with van der Waals surface area (Å²) >= 11 is 0. The number of carboxylic acid groups (broad SMARTS) is 1. The number of oxime groups is 1. The lowest BCUT2D eigenvalue weighted by molar-refractivity contribution is 0.0696. The lowest BCUT2D eigenvalue weighted by atomic mass is 9.99. The van der Waals surface area contributed by atoms with Crippen LogP contribution in [-0.2, 0) is 14.7 Å². The molecule has 7 heteroatoms. The van der Waals surface area contributed by atoms with Gasteiger partial charge in [-0.2, -0.15) is 0 Å². The second kappa shape index (κ2) is 6.04. The van der Waals surface area contributed by atoms with Crippen LogP contribution in [0.2, 0.25) is 0 Å². The molecule has 6 nitrogen and oxygen atoms in total. The van der Waals surface area contributed by atoms with E-state index in [-0.39, 0.29) is 16.0 Å². The van der Waals surface area contributed by atoms with Crippen LogP contribution in [0.25, 0.3) is 0 Å². The summed E-state index contributed by atoms with van der Waals surface area (Å²) in [6.45, 7) is 5.22. The zero-order valence-electron chi connectivity index (χ0n) is 11.8. The summed E-state index contributed by atoms with van der Waals surface area (Å²) < 4.78 is 23.6. The number of aromatic carboxylic acids is 1. The Morgan fingerprint density at radius 3 is 2.45 bits per heavy atom. The Morgan fingerprint density at radius 2 is 2.00 bits per heavy atom. The molecule has 0 unspecified atom stereocenters. The molecule has 110 valence electrons. The molecule has 0 spiro atoms. The molecule has 1 aromatic rings. The quantitative estimate of drug-likeness (QED) is 0.661. The van der Waals surface area contributed by atoms with E-state index in [2.05, 4.69) is 5.16 Å². The minimum atomic E-state index is -3.50. The number of sulfone groups is 1. The van der Waals surface area contributed by atoms with Crippen molar-refractivity contribution in [2.45, 2.75) is 25.7 Å². The average Bonchev–Trinajstić information content (AvgIpc) is 2.33. The van der Waals surface area contributed by atoms with Gasteiger partial charge in [0.25, 0.3) is 0 Å². The van der Waals surface area contributed by atoms with Gasteiger partial charge in [-0.25, -0.2) is 13.2 Å². The topological polar surface area (TPSA) is 93.0 Å². The third kappa shape index (κ3) is 3.36. The first-order chi connectivity index (χ1) is 9.20. The lowest BCUT2D eigenvalue weighted by Gasteiger charge is -2.13. The Kier molecular flexibility index (Phi) is 4.88. The van der Waals surface area contributed by atoms with E-state index in [1.165, 1.54) is 12.1 Å². The number of carbonyl (C=O) groups is 1. The van der Waals surface area contributed by atoms with Gasteiger partial charge in [0.1, 0.15) is 6.61 Å². The van der Waals surface area contributed by atoms with E-state index < -0.39 is 15.8 Å². The highest BCUT2D eigenvalue weighted by atomic mass is 32.2. The first-order valence-electron chi connectivity index (χ1n) is 5.94. The Balaban J connectivity index is 3.66. The van der Waals surface area contributed by atoms with Crippen molar-refractivity contribution in [3.63, 3.8) is 0 Å². The van der Waals surface area contributed by atoms with Crippen LogP contribution in [0.1, 0.15) is 35.3 Å². The maximum absolute atomic E-state index is 11.8. The van der Waals surface area contributed by atoms with Crippen molar-refractivity contribution in [3.05, 3.63) is 28.8 Å². The first-order valence-corrected chi connectivity index (χ1v) is 7.83. The minimum absolute atomic E-state index is 0.0402. The third-order valence-electron chi connectivity index (χ3n) is 2.75. The van der Waals surface area contributed by atoms with E-state index in [1.807, 2.05) is 0 Å². The van der Waals surface area contributed by atoms with Crippen molar-refractivity contribution in [1.82, 2.24) is 0 Å². The number of benzene rings is 1. The molecule has 0 radical (unpaired) electrons. The summed E-state index contributed by atoms with van der Waals surface area (Å²) in [7, 11) is -3.50. The van der Waals surface area contributed by atoms with E-state index in [1.54, 1.807) is 20.8 Å². The molecule has 0 aliphatic rings. The number of nitrogens with zero attached hydrogens (tertiary/aromatic N) is 1. The molecule has 1 rings (SSSR count). The van der Waals surface area contributed by atoms with Crippen LogP contribution in [0.15, 0.2) is 22.2 Å². The van der Waals surface area contributed by atoms with Crippen LogP contribution in [0.3, 0.4) is 0 Å². The fraction of sp³-hybridized carbons (Fsp3) is 0.385. The van der Waals surface area contributed by atoms with Gasteiger partial charge >= 0.3 is 5.97 Å². The fourth-order valence-corrected chi connectivity index (χ4v) is 2.87. The molecule has 0 aromatic heterocycles. The normalized spacial score (nSPS) is 12.3. The molecular weight excluding hydrogens is 282 g/mol. The molecule has 0 amide bonds. The largest absolute Gasteiger partial charge is 0.478 e. The smallest absolute Gasteiger partial charge is 0.335 e. The lowest BCUT2D eigenvalue weighted by Crippen LogP contribution is -2.13. The van der Waals surface area contributed by atoms with Crippen LogP contribution in [0.5, 0.6) is 0 Å². The van der Waals surface area contributed by atoms with Crippen LogP contribution in [0, 0.1) is 6.92 Å². The molecule has 0 atom stereocenters. The monoisotopic (exact) mass is 299 g/mol. The molecule has 0 bridgehead atoms. The zero-order valence-corrected chi connectivity index (χ0v) is 12.6. The van der Waals surface area contributed by atoms with Crippen LogP contribution < -0.4 is 0 Å². The van der Waals surface area contributed by atoms with Gasteiger partial charge < -0.3 is 9.94 Å². The second-order valence-electron chi connectivity index (χ2n) is 4.28. The third-order valence-corrected chi connectivity index (χ3v) is 3.89. The molecule has 0 fully saturated rings. The van der Waals surface area contributed by atoms with Gasteiger partial charge in [-0.1, -0.05) is 5.16 Å². The maximum Gasteiger partial charge on any atom is 0.335 e. The molecule has 0 heterocycles. The Bertz CT molecular complexity index is 662. The van der Waals surface area contributed by atoms with E-state index in [9.17, 15) is 13.2 Å². The predicted molar refractivity (Wildman–Crippen MR) is 75.1 cm³/mol. The number of rotatable bonds is 5. The van der Waals surface area contributed by atoms with E-state index in [4.69, 9.17) is 9.94 Å². The molecule has 1 aromatic carbocycles. The summed E-state index contributed by atoms with van der Waals surface area (Å²) in [4.78, 5) is 16.1. The van der Waals surface area contributed by atoms with Gasteiger partial charge in [-0.3, -0.25) is 0 Å². The van der Waals surface area contributed by atoms with Gasteiger partial charge in [0.2, 0.25) is 0 Å². The fourth-order valence-electron chi connectivity index (χ4n) is 1.88. The molecule has 1 N–H and O–H groups in total. The van der Waals surface area contributed by atoms with Gasteiger partial charge in [0.15, 0.2) is 9.84 Å². The van der Waals surface area contributed by atoms with Crippen molar-refractivity contribution >= 4 is 21.5 Å². The molecule has 20 heavy (non-hydrogen) atoms.